The van der Waals surface area contributed by atoms with Crippen molar-refractivity contribution >= 4 is 0 Å². The fraction of sp³-hybridized carbons (Fsp3) is 0.647. The summed E-state index contributed by atoms with van der Waals surface area (Å²) in [4.78, 5) is 2.63. The van der Waals surface area contributed by atoms with Crippen molar-refractivity contribution in [2.45, 2.75) is 51.1 Å². The van der Waals surface area contributed by atoms with Crippen LogP contribution in [0.2, 0.25) is 0 Å². The summed E-state index contributed by atoms with van der Waals surface area (Å²) >= 11 is 0. The topological polar surface area (TPSA) is 15.3 Å². The Morgan fingerprint density at radius 3 is 3.00 bits per heavy atom. The molecule has 0 amide bonds. The molecule has 0 radical (unpaired) electrons. The average Bonchev–Trinajstić information content (AvgIpc) is 2.92. The van der Waals surface area contributed by atoms with E-state index in [1.54, 1.807) is 11.1 Å². The zero-order chi connectivity index (χ0) is 13.1. The minimum absolute atomic E-state index is 0.587. The first kappa shape index (κ1) is 13.1. The van der Waals surface area contributed by atoms with E-state index in [1.807, 2.05) is 0 Å². The number of likely N-dealkylation sites (tertiary alicyclic amines) is 1. The standard InChI is InChI=1S/C17H26N2/c1-2-19-12-6-9-15(19)13-18-17-11-5-8-14-7-3-4-10-16(14)17/h3-4,7,10,15,17-18H,2,5-6,8-9,11-13H2,1H3. The number of fused-ring (bicyclic) bond motifs is 1. The van der Waals surface area contributed by atoms with E-state index >= 15 is 0 Å². The van der Waals surface area contributed by atoms with E-state index in [1.165, 1.54) is 45.2 Å². The number of likely N-dealkylation sites (N-methyl/N-ethyl adjacent to an activating group) is 1. The Kier molecular flexibility index (Phi) is 4.19. The smallest absolute Gasteiger partial charge is 0.0323 e. The van der Waals surface area contributed by atoms with Gasteiger partial charge in [-0.25, -0.2) is 0 Å². The number of benzene rings is 1. The number of rotatable bonds is 4. The normalized spacial score (nSPS) is 27.4. The van der Waals surface area contributed by atoms with Crippen molar-refractivity contribution in [2.24, 2.45) is 0 Å². The van der Waals surface area contributed by atoms with Crippen LogP contribution >= 0.6 is 0 Å². The van der Waals surface area contributed by atoms with Gasteiger partial charge in [0.1, 0.15) is 0 Å². The molecule has 1 aliphatic heterocycles. The molecule has 1 aliphatic carbocycles. The lowest BCUT2D eigenvalue weighted by Gasteiger charge is -2.30. The Morgan fingerprint density at radius 1 is 1.21 bits per heavy atom. The molecule has 1 aromatic rings. The van der Waals surface area contributed by atoms with E-state index in [4.69, 9.17) is 0 Å². The van der Waals surface area contributed by atoms with Gasteiger partial charge in [-0.3, -0.25) is 4.90 Å². The molecule has 2 heteroatoms. The maximum absolute atomic E-state index is 3.84. The lowest BCUT2D eigenvalue weighted by molar-refractivity contribution is 0.251. The van der Waals surface area contributed by atoms with Crippen molar-refractivity contribution in [2.75, 3.05) is 19.6 Å². The third-order valence-electron chi connectivity index (χ3n) is 4.87. The number of nitrogens with zero attached hydrogens (tertiary/aromatic N) is 1. The first-order chi connectivity index (χ1) is 9.38. The first-order valence-electron chi connectivity index (χ1n) is 7.93. The van der Waals surface area contributed by atoms with E-state index in [9.17, 15) is 0 Å². The van der Waals surface area contributed by atoms with E-state index < -0.39 is 0 Å². The van der Waals surface area contributed by atoms with Gasteiger partial charge in [0.05, 0.1) is 0 Å². The second-order valence-electron chi connectivity index (χ2n) is 5.98. The lowest BCUT2D eigenvalue weighted by atomic mass is 9.87. The van der Waals surface area contributed by atoms with Crippen LogP contribution in [0.25, 0.3) is 0 Å². The van der Waals surface area contributed by atoms with Gasteiger partial charge in [-0.05, 0) is 56.3 Å². The Morgan fingerprint density at radius 2 is 2.11 bits per heavy atom. The molecule has 1 fully saturated rings. The molecule has 2 unspecified atom stereocenters. The average molecular weight is 258 g/mol. The van der Waals surface area contributed by atoms with Crippen LogP contribution in [0, 0.1) is 0 Å². The largest absolute Gasteiger partial charge is 0.308 e. The first-order valence-corrected chi connectivity index (χ1v) is 7.93. The van der Waals surface area contributed by atoms with Crippen LogP contribution in [0.5, 0.6) is 0 Å². The van der Waals surface area contributed by atoms with Gasteiger partial charge in [0.25, 0.3) is 0 Å². The van der Waals surface area contributed by atoms with E-state index in [2.05, 4.69) is 41.4 Å². The van der Waals surface area contributed by atoms with Crippen molar-refractivity contribution in [1.82, 2.24) is 10.2 Å². The number of nitrogens with one attached hydrogen (secondary N) is 1. The van der Waals surface area contributed by atoms with Crippen LogP contribution in [0.4, 0.5) is 0 Å². The van der Waals surface area contributed by atoms with Crippen LogP contribution < -0.4 is 5.32 Å². The number of aryl methyl sites for hydroxylation is 1. The SMILES string of the molecule is CCN1CCCC1CNC1CCCc2ccccc21. The summed E-state index contributed by atoms with van der Waals surface area (Å²) in [5.74, 6) is 0. The fourth-order valence-corrected chi connectivity index (χ4v) is 3.79. The molecule has 1 saturated heterocycles. The molecule has 0 saturated carbocycles. The van der Waals surface area contributed by atoms with Crippen molar-refractivity contribution in [3.05, 3.63) is 35.4 Å². The summed E-state index contributed by atoms with van der Waals surface area (Å²) in [6.45, 7) is 5.94. The van der Waals surface area contributed by atoms with Crippen molar-refractivity contribution in [1.29, 1.82) is 0 Å². The lowest BCUT2D eigenvalue weighted by Crippen LogP contribution is -2.39. The molecule has 0 aromatic heterocycles. The summed E-state index contributed by atoms with van der Waals surface area (Å²) in [6, 6.07) is 10.3. The summed E-state index contributed by atoms with van der Waals surface area (Å²) in [5.41, 5.74) is 3.11. The van der Waals surface area contributed by atoms with Gasteiger partial charge in [-0.2, -0.15) is 0 Å². The zero-order valence-corrected chi connectivity index (χ0v) is 12.1. The monoisotopic (exact) mass is 258 g/mol. The molecule has 0 bridgehead atoms. The predicted molar refractivity (Wildman–Crippen MR) is 80.4 cm³/mol. The Bertz CT molecular complexity index is 415. The quantitative estimate of drug-likeness (QED) is 0.892. The highest BCUT2D eigenvalue weighted by Gasteiger charge is 2.25. The molecule has 2 atom stereocenters. The van der Waals surface area contributed by atoms with Crippen LogP contribution in [0.1, 0.15) is 49.8 Å². The fourth-order valence-electron chi connectivity index (χ4n) is 3.79. The third kappa shape index (κ3) is 2.85. The van der Waals surface area contributed by atoms with Crippen molar-refractivity contribution in [3.8, 4) is 0 Å². The molecule has 1 aromatic carbocycles. The summed E-state index contributed by atoms with van der Waals surface area (Å²) < 4.78 is 0. The molecule has 19 heavy (non-hydrogen) atoms. The number of hydrogen-bond acceptors (Lipinski definition) is 2. The maximum Gasteiger partial charge on any atom is 0.0323 e. The van der Waals surface area contributed by atoms with Gasteiger partial charge in [0.15, 0.2) is 0 Å². The van der Waals surface area contributed by atoms with E-state index in [0.29, 0.717) is 6.04 Å². The third-order valence-corrected chi connectivity index (χ3v) is 4.87. The maximum atomic E-state index is 3.84. The highest BCUT2D eigenvalue weighted by Crippen LogP contribution is 2.29. The highest BCUT2D eigenvalue weighted by molar-refractivity contribution is 5.32. The van der Waals surface area contributed by atoms with Crippen molar-refractivity contribution in [3.63, 3.8) is 0 Å². The molecular formula is C17H26N2. The van der Waals surface area contributed by atoms with Crippen molar-refractivity contribution < 1.29 is 0 Å². The predicted octanol–water partition coefficient (Wildman–Crippen LogP) is 3.14. The van der Waals surface area contributed by atoms with Gasteiger partial charge in [0, 0.05) is 18.6 Å². The molecule has 104 valence electrons. The second kappa shape index (κ2) is 6.06. The van der Waals surface area contributed by atoms with E-state index in [0.717, 1.165) is 12.6 Å². The molecule has 3 rings (SSSR count). The molecule has 2 aliphatic rings. The van der Waals surface area contributed by atoms with Gasteiger partial charge in [-0.15, -0.1) is 0 Å². The molecule has 1 N–H and O–H groups in total. The summed E-state index contributed by atoms with van der Waals surface area (Å²) in [5, 5.41) is 3.84. The molecule has 2 nitrogen and oxygen atoms in total. The Labute approximate surface area is 117 Å². The van der Waals surface area contributed by atoms with Gasteiger partial charge in [-0.1, -0.05) is 31.2 Å². The summed E-state index contributed by atoms with van der Waals surface area (Å²) in [7, 11) is 0. The Hall–Kier alpha value is -0.860. The minimum atomic E-state index is 0.587. The van der Waals surface area contributed by atoms with Crippen LogP contribution in [0.15, 0.2) is 24.3 Å². The highest BCUT2D eigenvalue weighted by atomic mass is 15.2. The Balaban J connectivity index is 1.62. The van der Waals surface area contributed by atoms with Gasteiger partial charge in [0.2, 0.25) is 0 Å². The van der Waals surface area contributed by atoms with E-state index in [-0.39, 0.29) is 0 Å². The van der Waals surface area contributed by atoms with Crippen LogP contribution in [0.3, 0.4) is 0 Å². The molecule has 1 heterocycles. The summed E-state index contributed by atoms with van der Waals surface area (Å²) in [6.07, 6.45) is 6.64. The molecule has 0 spiro atoms. The minimum Gasteiger partial charge on any atom is -0.308 e. The second-order valence-corrected chi connectivity index (χ2v) is 5.98. The van der Waals surface area contributed by atoms with Crippen LogP contribution in [-0.4, -0.2) is 30.6 Å². The van der Waals surface area contributed by atoms with Crippen LogP contribution in [-0.2, 0) is 6.42 Å². The zero-order valence-electron chi connectivity index (χ0n) is 12.1. The van der Waals surface area contributed by atoms with Gasteiger partial charge >= 0.3 is 0 Å². The number of hydrogen-bond donors (Lipinski definition) is 1. The van der Waals surface area contributed by atoms with Gasteiger partial charge < -0.3 is 5.32 Å². The molecular weight excluding hydrogens is 232 g/mol.